The third-order valence-corrected chi connectivity index (χ3v) is 4.13. The van der Waals surface area contributed by atoms with Crippen molar-refractivity contribution in [2.75, 3.05) is 0 Å². The van der Waals surface area contributed by atoms with Gasteiger partial charge in [-0.15, -0.1) is 6.58 Å². The van der Waals surface area contributed by atoms with Gasteiger partial charge in [-0.25, -0.2) is 0 Å². The molecular formula is C15H12F16O. The molecule has 0 aromatic heterocycles. The summed E-state index contributed by atoms with van der Waals surface area (Å²) >= 11 is 0. The average molecular weight is 512 g/mol. The quantitative estimate of drug-likeness (QED) is 0.147. The van der Waals surface area contributed by atoms with Gasteiger partial charge < -0.3 is 4.79 Å². The summed E-state index contributed by atoms with van der Waals surface area (Å²) in [4.78, 5) is 9.90. The van der Waals surface area contributed by atoms with Crippen molar-refractivity contribution in [3.8, 4) is 0 Å². The van der Waals surface area contributed by atoms with Crippen LogP contribution in [0, 0.1) is 0 Å². The third-order valence-electron chi connectivity index (χ3n) is 4.13. The first kappa shape index (κ1) is 30.3. The fourth-order valence-electron chi connectivity index (χ4n) is 2.09. The normalized spacial score (nSPS) is 15.6. The first-order valence-corrected chi connectivity index (χ1v) is 7.94. The molecule has 0 aliphatic heterocycles. The number of aldehydes is 1. The maximum absolute atomic E-state index is 13.5. The molecule has 0 N–H and O–H groups in total. The number of carbonyl (C=O) groups excluding carboxylic acids is 1. The fourth-order valence-corrected chi connectivity index (χ4v) is 2.09. The molecule has 0 amide bonds. The monoisotopic (exact) mass is 512 g/mol. The van der Waals surface area contributed by atoms with Crippen LogP contribution in [0.3, 0.4) is 0 Å². The van der Waals surface area contributed by atoms with Gasteiger partial charge in [0.25, 0.3) is 0 Å². The van der Waals surface area contributed by atoms with Gasteiger partial charge in [0, 0.05) is 19.3 Å². The summed E-state index contributed by atoms with van der Waals surface area (Å²) in [5, 5.41) is 0. The minimum absolute atomic E-state index is 0.366. The molecule has 0 saturated carbocycles. The number of hydrogen-bond acceptors (Lipinski definition) is 1. The number of hydrogen-bond donors (Lipinski definition) is 0. The van der Waals surface area contributed by atoms with Crippen molar-refractivity contribution in [1.82, 2.24) is 0 Å². The largest absolute Gasteiger partial charge is 0.384 e. The molecule has 0 rings (SSSR count). The second-order valence-electron chi connectivity index (χ2n) is 6.39. The number of allylic oxidation sites excluding steroid dienone is 1. The standard InChI is InChI=1S/C15H12F16O/c1-2-3-5-8(16,17)10(20,21)12(24,25)14(28,29)15(30,31)13(26,27)11(22,23)9(18,19)6-4-7-32/h2,7H,1,3-6H2. The lowest BCUT2D eigenvalue weighted by Crippen LogP contribution is -2.74. The second kappa shape index (κ2) is 8.57. The van der Waals surface area contributed by atoms with E-state index >= 15 is 0 Å². The highest BCUT2D eigenvalue weighted by Crippen LogP contribution is 2.64. The smallest absolute Gasteiger partial charge is 0.303 e. The van der Waals surface area contributed by atoms with Gasteiger partial charge in [0.05, 0.1) is 0 Å². The van der Waals surface area contributed by atoms with Gasteiger partial charge in [-0.1, -0.05) is 6.08 Å². The molecule has 0 heterocycles. The lowest BCUT2D eigenvalue weighted by atomic mass is 9.86. The Hall–Kier alpha value is -1.71. The molecule has 0 unspecified atom stereocenters. The van der Waals surface area contributed by atoms with Crippen LogP contribution in [0.2, 0.25) is 0 Å². The molecule has 17 heteroatoms. The fraction of sp³-hybridized carbons (Fsp3) is 0.800. The molecule has 0 spiro atoms. The minimum Gasteiger partial charge on any atom is -0.303 e. The van der Waals surface area contributed by atoms with Gasteiger partial charge in [-0.05, 0) is 6.42 Å². The molecule has 0 aliphatic rings. The van der Waals surface area contributed by atoms with E-state index in [1.54, 1.807) is 0 Å². The van der Waals surface area contributed by atoms with Gasteiger partial charge >= 0.3 is 47.4 Å². The van der Waals surface area contributed by atoms with Crippen molar-refractivity contribution >= 4 is 6.29 Å². The Morgan fingerprint density at radius 1 is 0.469 bits per heavy atom. The van der Waals surface area contributed by atoms with Crippen LogP contribution >= 0.6 is 0 Å². The molecule has 0 atom stereocenters. The van der Waals surface area contributed by atoms with Crippen LogP contribution in [0.1, 0.15) is 25.7 Å². The molecule has 0 aromatic rings. The summed E-state index contributed by atoms with van der Waals surface area (Å²) in [6.45, 7) is 2.69. The minimum atomic E-state index is -8.43. The lowest BCUT2D eigenvalue weighted by molar-refractivity contribution is -0.453. The summed E-state index contributed by atoms with van der Waals surface area (Å²) in [6.07, 6.45) is -8.41. The summed E-state index contributed by atoms with van der Waals surface area (Å²) in [5.41, 5.74) is 0. The van der Waals surface area contributed by atoms with Gasteiger partial charge in [0.1, 0.15) is 6.29 Å². The number of carbonyl (C=O) groups is 1. The van der Waals surface area contributed by atoms with Crippen LogP contribution in [0.15, 0.2) is 12.7 Å². The summed E-state index contributed by atoms with van der Waals surface area (Å²) in [5.74, 6) is -61.1. The molecule has 190 valence electrons. The van der Waals surface area contributed by atoms with E-state index in [9.17, 15) is 75.0 Å². The topological polar surface area (TPSA) is 17.1 Å². The van der Waals surface area contributed by atoms with Gasteiger partial charge in [-0.3, -0.25) is 0 Å². The second-order valence-corrected chi connectivity index (χ2v) is 6.39. The zero-order chi connectivity index (χ0) is 26.2. The van der Waals surface area contributed by atoms with Crippen molar-refractivity contribution < 1.29 is 75.0 Å². The van der Waals surface area contributed by atoms with Crippen molar-refractivity contribution in [3.63, 3.8) is 0 Å². The summed E-state index contributed by atoms with van der Waals surface area (Å²) in [7, 11) is 0. The maximum atomic E-state index is 13.5. The number of alkyl halides is 16. The van der Waals surface area contributed by atoms with Crippen LogP contribution < -0.4 is 0 Å². The first-order valence-electron chi connectivity index (χ1n) is 7.94. The molecule has 0 aliphatic carbocycles. The van der Waals surface area contributed by atoms with Crippen molar-refractivity contribution in [1.29, 1.82) is 0 Å². The zero-order valence-electron chi connectivity index (χ0n) is 15.1. The highest BCUT2D eigenvalue weighted by atomic mass is 19.4. The van der Waals surface area contributed by atoms with Crippen molar-refractivity contribution in [2.45, 2.75) is 73.1 Å². The Morgan fingerprint density at radius 2 is 0.719 bits per heavy atom. The van der Waals surface area contributed by atoms with Crippen LogP contribution in [0.25, 0.3) is 0 Å². The zero-order valence-corrected chi connectivity index (χ0v) is 15.1. The molecule has 0 fully saturated rings. The average Bonchev–Trinajstić information content (AvgIpc) is 2.63. The predicted molar refractivity (Wildman–Crippen MR) is 74.3 cm³/mol. The van der Waals surface area contributed by atoms with Gasteiger partial charge in [-0.2, -0.15) is 70.2 Å². The molecule has 32 heavy (non-hydrogen) atoms. The summed E-state index contributed by atoms with van der Waals surface area (Å²) in [6, 6.07) is 0. The predicted octanol–water partition coefficient (Wildman–Crippen LogP) is 7.01. The van der Waals surface area contributed by atoms with E-state index in [-0.39, 0.29) is 0 Å². The molecule has 0 radical (unpaired) electrons. The molecule has 0 aromatic carbocycles. The van der Waals surface area contributed by atoms with E-state index < -0.39 is 79.3 Å². The highest BCUT2D eigenvalue weighted by molar-refractivity contribution is 5.49. The van der Waals surface area contributed by atoms with Crippen molar-refractivity contribution in [2.24, 2.45) is 0 Å². The molecule has 0 saturated heterocycles. The lowest BCUT2D eigenvalue weighted by Gasteiger charge is -2.43. The van der Waals surface area contributed by atoms with E-state index in [1.165, 1.54) is 0 Å². The Labute approximate surface area is 168 Å². The Balaban J connectivity index is 6.64. The Bertz CT molecular complexity index is 623. The first-order chi connectivity index (χ1) is 13.9. The van der Waals surface area contributed by atoms with Crippen LogP contribution in [0.5, 0.6) is 0 Å². The van der Waals surface area contributed by atoms with Crippen LogP contribution in [0.4, 0.5) is 70.2 Å². The molecular weight excluding hydrogens is 500 g/mol. The third kappa shape index (κ3) is 4.15. The van der Waals surface area contributed by atoms with E-state index in [0.717, 1.165) is 0 Å². The van der Waals surface area contributed by atoms with Gasteiger partial charge in [0.2, 0.25) is 0 Å². The molecule has 0 bridgehead atoms. The Morgan fingerprint density at radius 3 is 0.969 bits per heavy atom. The van der Waals surface area contributed by atoms with E-state index in [2.05, 4.69) is 6.58 Å². The Kier molecular flexibility index (Phi) is 8.12. The number of rotatable bonds is 13. The molecule has 1 nitrogen and oxygen atoms in total. The van der Waals surface area contributed by atoms with Crippen molar-refractivity contribution in [3.05, 3.63) is 12.7 Å². The van der Waals surface area contributed by atoms with E-state index in [1.807, 2.05) is 0 Å². The van der Waals surface area contributed by atoms with Crippen LogP contribution in [-0.4, -0.2) is 53.7 Å². The highest BCUT2D eigenvalue weighted by Gasteiger charge is 2.94. The van der Waals surface area contributed by atoms with E-state index in [4.69, 9.17) is 0 Å². The van der Waals surface area contributed by atoms with Gasteiger partial charge in [0.15, 0.2) is 0 Å². The number of halogens is 16. The van der Waals surface area contributed by atoms with Crippen LogP contribution in [-0.2, 0) is 4.79 Å². The maximum Gasteiger partial charge on any atom is 0.384 e. The SMILES string of the molecule is C=CCCC(F)(F)C(F)(F)C(F)(F)C(F)(F)C(F)(F)C(F)(F)C(F)(F)C(F)(F)CCC=O. The summed E-state index contributed by atoms with van der Waals surface area (Å²) < 4.78 is 215. The van der Waals surface area contributed by atoms with E-state index in [0.29, 0.717) is 6.08 Å².